The number of aliphatic hydroxyl groups excluding tert-OH is 2. The van der Waals surface area contributed by atoms with Crippen LogP contribution in [0.15, 0.2) is 36.5 Å². The molecule has 4 unspecified atom stereocenters. The Kier molecular flexibility index (Phi) is 17.2. The first-order chi connectivity index (χ1) is 25.8. The minimum atomic E-state index is -2.27. The Bertz CT molecular complexity index is 1300. The van der Waals surface area contributed by atoms with Crippen LogP contribution in [0, 0.1) is 5.41 Å². The molecule has 4 aliphatic heterocycles. The fourth-order valence-electron chi connectivity index (χ4n) is 7.89. The highest BCUT2D eigenvalue weighted by Gasteiger charge is 2.57. The van der Waals surface area contributed by atoms with E-state index < -0.39 is 66.4 Å². The lowest BCUT2D eigenvalue weighted by Gasteiger charge is -2.51. The summed E-state index contributed by atoms with van der Waals surface area (Å²) in [7, 11) is 1.22. The number of carbonyl (C=O) groups excluding carboxylic acids is 3. The van der Waals surface area contributed by atoms with Crippen molar-refractivity contribution in [2.45, 2.75) is 184 Å². The van der Waals surface area contributed by atoms with Crippen molar-refractivity contribution in [3.8, 4) is 0 Å². The topological polar surface area (TPSA) is 177 Å². The van der Waals surface area contributed by atoms with E-state index in [9.17, 15) is 29.7 Å². The molecule has 4 heterocycles. The van der Waals surface area contributed by atoms with E-state index in [1.807, 2.05) is 0 Å². The van der Waals surface area contributed by atoms with E-state index in [0.29, 0.717) is 25.7 Å². The summed E-state index contributed by atoms with van der Waals surface area (Å²) in [6, 6.07) is 0. The van der Waals surface area contributed by atoms with Gasteiger partial charge in [-0.05, 0) is 50.2 Å². The monoisotopic (exact) mass is 764 g/mol. The molecule has 54 heavy (non-hydrogen) atoms. The fourth-order valence-corrected chi connectivity index (χ4v) is 7.89. The number of esters is 3. The molecule has 10 atom stereocenters. The average Bonchev–Trinajstić information content (AvgIpc) is 3.11. The van der Waals surface area contributed by atoms with E-state index in [1.54, 1.807) is 32.1 Å². The average molecular weight is 765 g/mol. The zero-order valence-electron chi connectivity index (χ0n) is 32.7. The first-order valence-electron chi connectivity index (χ1n) is 19.9. The summed E-state index contributed by atoms with van der Waals surface area (Å²) >= 11 is 0. The van der Waals surface area contributed by atoms with Crippen molar-refractivity contribution in [3.63, 3.8) is 0 Å². The third kappa shape index (κ3) is 12.7. The normalized spacial score (nSPS) is 35.7. The summed E-state index contributed by atoms with van der Waals surface area (Å²) in [4.78, 5) is 39.1. The van der Waals surface area contributed by atoms with Crippen LogP contribution < -0.4 is 0 Å². The minimum Gasteiger partial charge on any atom is -0.466 e. The molecule has 4 aliphatic rings. The molecule has 0 saturated carbocycles. The zero-order chi connectivity index (χ0) is 39.3. The van der Waals surface area contributed by atoms with Crippen LogP contribution in [0.1, 0.15) is 124 Å². The quantitative estimate of drug-likeness (QED) is 0.0816. The third-order valence-electron chi connectivity index (χ3n) is 10.9. The van der Waals surface area contributed by atoms with Crippen LogP contribution in [0.25, 0.3) is 0 Å². The molecule has 0 amide bonds. The minimum absolute atomic E-state index is 0.0116. The van der Waals surface area contributed by atoms with E-state index >= 15 is 0 Å². The molecule has 6 bridgehead atoms. The van der Waals surface area contributed by atoms with Gasteiger partial charge in [0.25, 0.3) is 0 Å². The molecule has 0 aromatic rings. The molecule has 3 fully saturated rings. The molecule has 3 saturated heterocycles. The standard InChI is InChI=1S/C41H64O13/c1-6-8-9-10-11-16-35(44)53-39-27(20-36(45)48-5)19-33-25-34(26-42)50-37(46)22-28(43)21-30-14-12-15-31(49-30)24-32-23-29(13-7-2)51-38(52-32)17-18-40(3,4)41(39,47)54-33/h7,17-18,20,28-34,38-39,42-43,47H,2,6,8-16,19,21-26H2,1,3-5H3/t28-,29+,30+,31?,32?,33+,34?,38?,39+,41-/m1/s1. The maximum Gasteiger partial charge on any atom is 0.330 e. The van der Waals surface area contributed by atoms with Gasteiger partial charge in [-0.1, -0.05) is 58.6 Å². The largest absolute Gasteiger partial charge is 0.466 e. The van der Waals surface area contributed by atoms with Gasteiger partial charge in [0.15, 0.2) is 12.4 Å². The van der Waals surface area contributed by atoms with Crippen molar-refractivity contribution in [1.29, 1.82) is 0 Å². The third-order valence-corrected chi connectivity index (χ3v) is 10.9. The van der Waals surface area contributed by atoms with Crippen molar-refractivity contribution in [2.24, 2.45) is 5.41 Å². The first-order valence-corrected chi connectivity index (χ1v) is 19.9. The molecule has 13 heteroatoms. The van der Waals surface area contributed by atoms with Gasteiger partial charge in [-0.2, -0.15) is 0 Å². The Hall–Kier alpha value is -2.65. The van der Waals surface area contributed by atoms with Crippen LogP contribution in [0.4, 0.5) is 0 Å². The molecule has 0 aliphatic carbocycles. The van der Waals surface area contributed by atoms with Gasteiger partial charge in [0.1, 0.15) is 6.10 Å². The van der Waals surface area contributed by atoms with Crippen LogP contribution >= 0.6 is 0 Å². The Morgan fingerprint density at radius 3 is 2.39 bits per heavy atom. The van der Waals surface area contributed by atoms with Gasteiger partial charge in [0.05, 0.1) is 56.8 Å². The Morgan fingerprint density at radius 1 is 0.963 bits per heavy atom. The smallest absolute Gasteiger partial charge is 0.330 e. The maximum atomic E-state index is 13.4. The van der Waals surface area contributed by atoms with Gasteiger partial charge in [-0.25, -0.2) is 4.79 Å². The molecule has 3 N–H and O–H groups in total. The number of methoxy groups -OCH3 is 1. The van der Waals surface area contributed by atoms with Crippen LogP contribution in [0.5, 0.6) is 0 Å². The molecule has 0 spiro atoms. The summed E-state index contributed by atoms with van der Waals surface area (Å²) in [5, 5.41) is 33.9. The SMILES string of the molecule is C=CC[C@H]1CC2CC3CCC[C@@H](C[C@@H](O)CC(=O)OC(CO)C[C@@H]4CC(=CC(=O)OC)[C@H](OC(=O)CCCCCCC)[C@@](O)(O4)C(C)(C)C=CC(O2)O1)O3. The molecular weight excluding hydrogens is 700 g/mol. The van der Waals surface area contributed by atoms with Crippen molar-refractivity contribution in [2.75, 3.05) is 13.7 Å². The second kappa shape index (κ2) is 21.0. The first kappa shape index (κ1) is 44.1. The Balaban J connectivity index is 1.72. The number of aliphatic hydroxyl groups is 3. The molecule has 0 radical (unpaired) electrons. The van der Waals surface area contributed by atoms with Crippen molar-refractivity contribution < 1.29 is 62.9 Å². The van der Waals surface area contributed by atoms with Gasteiger partial charge >= 0.3 is 17.9 Å². The molecule has 0 aromatic heterocycles. The second-order valence-electron chi connectivity index (χ2n) is 15.8. The lowest BCUT2D eigenvalue weighted by atomic mass is 9.74. The van der Waals surface area contributed by atoms with Crippen molar-refractivity contribution in [1.82, 2.24) is 0 Å². The number of hydrogen-bond acceptors (Lipinski definition) is 13. The number of rotatable bonds is 11. The Labute approximate surface area is 320 Å². The summed E-state index contributed by atoms with van der Waals surface area (Å²) in [5.74, 6) is -4.26. The van der Waals surface area contributed by atoms with Crippen molar-refractivity contribution in [3.05, 3.63) is 36.5 Å². The van der Waals surface area contributed by atoms with E-state index in [1.165, 1.54) is 13.2 Å². The number of ether oxygens (including phenoxy) is 7. The molecule has 13 nitrogen and oxygen atoms in total. The molecule has 0 aromatic carbocycles. The molecular formula is C41H64O13. The van der Waals surface area contributed by atoms with Gasteiger partial charge in [0.2, 0.25) is 5.79 Å². The van der Waals surface area contributed by atoms with E-state index in [4.69, 9.17) is 33.2 Å². The van der Waals surface area contributed by atoms with Crippen LogP contribution in [-0.2, 0) is 47.5 Å². The zero-order valence-corrected chi connectivity index (χ0v) is 32.7. The van der Waals surface area contributed by atoms with E-state index in [2.05, 4.69) is 13.5 Å². The number of fused-ring (bicyclic) bond motifs is 6. The van der Waals surface area contributed by atoms with E-state index in [0.717, 1.165) is 44.9 Å². The summed E-state index contributed by atoms with van der Waals surface area (Å²) in [6.45, 7) is 8.86. The summed E-state index contributed by atoms with van der Waals surface area (Å²) in [6.07, 6.45) is 9.26. The second-order valence-corrected chi connectivity index (χ2v) is 15.8. The Morgan fingerprint density at radius 2 is 1.69 bits per heavy atom. The van der Waals surface area contributed by atoms with Crippen LogP contribution in [-0.4, -0.2) is 108 Å². The van der Waals surface area contributed by atoms with Crippen LogP contribution in [0.3, 0.4) is 0 Å². The lowest BCUT2D eigenvalue weighted by Crippen LogP contribution is -2.62. The molecule has 306 valence electrons. The van der Waals surface area contributed by atoms with Gasteiger partial charge in [0, 0.05) is 43.6 Å². The highest BCUT2D eigenvalue weighted by atomic mass is 16.7. The maximum absolute atomic E-state index is 13.4. The number of unbranched alkanes of at least 4 members (excludes halogenated alkanes) is 4. The molecule has 4 rings (SSSR count). The van der Waals surface area contributed by atoms with Gasteiger partial charge in [-0.15, -0.1) is 6.58 Å². The van der Waals surface area contributed by atoms with Gasteiger partial charge in [-0.3, -0.25) is 9.59 Å². The van der Waals surface area contributed by atoms with E-state index in [-0.39, 0.29) is 62.1 Å². The fraction of sp³-hybridized carbons (Fsp3) is 0.780. The van der Waals surface area contributed by atoms with Crippen LogP contribution in [0.2, 0.25) is 0 Å². The predicted octanol–water partition coefficient (Wildman–Crippen LogP) is 5.27. The summed E-state index contributed by atoms with van der Waals surface area (Å²) in [5.41, 5.74) is -1.08. The lowest BCUT2D eigenvalue weighted by molar-refractivity contribution is -0.327. The predicted molar refractivity (Wildman–Crippen MR) is 198 cm³/mol. The summed E-state index contributed by atoms with van der Waals surface area (Å²) < 4.78 is 42.2. The highest BCUT2D eigenvalue weighted by Crippen LogP contribution is 2.47. The number of carbonyl (C=O) groups is 3. The highest BCUT2D eigenvalue weighted by molar-refractivity contribution is 5.83. The number of cyclic esters (lactones) is 1. The number of hydrogen-bond donors (Lipinski definition) is 3. The van der Waals surface area contributed by atoms with Gasteiger partial charge < -0.3 is 48.5 Å². The van der Waals surface area contributed by atoms with Crippen molar-refractivity contribution >= 4 is 17.9 Å².